The van der Waals surface area contributed by atoms with E-state index in [1.807, 2.05) is 6.08 Å². The zero-order valence-corrected chi connectivity index (χ0v) is 6.28. The summed E-state index contributed by atoms with van der Waals surface area (Å²) in [5.41, 5.74) is 0. The van der Waals surface area contributed by atoms with Crippen LogP contribution in [0.4, 0.5) is 4.79 Å². The number of carbonyl (C=O) groups is 1. The van der Waals surface area contributed by atoms with Crippen molar-refractivity contribution in [2.45, 2.75) is 6.10 Å². The second kappa shape index (κ2) is 3.39. The third-order valence-corrected chi connectivity index (χ3v) is 1.66. The van der Waals surface area contributed by atoms with E-state index < -0.39 is 12.2 Å². The predicted octanol–water partition coefficient (Wildman–Crippen LogP) is -0.111. The summed E-state index contributed by atoms with van der Waals surface area (Å²) in [6.45, 7) is 0.435. The molecule has 1 amide bonds. The molecule has 0 heterocycles. The molecule has 0 spiro atoms. The summed E-state index contributed by atoms with van der Waals surface area (Å²) in [5.74, 6) is 0.0501. The summed E-state index contributed by atoms with van der Waals surface area (Å²) in [5, 5.41) is 11.5. The van der Waals surface area contributed by atoms with Crippen LogP contribution in [0.1, 0.15) is 0 Å². The van der Waals surface area contributed by atoms with Crippen molar-refractivity contribution < 1.29 is 14.6 Å². The lowest BCUT2D eigenvalue weighted by atomic mass is 9.92. The highest BCUT2D eigenvalue weighted by atomic mass is 16.5. The van der Waals surface area contributed by atoms with Crippen molar-refractivity contribution in [1.82, 2.24) is 5.32 Å². The zero-order chi connectivity index (χ0) is 8.27. The number of carbonyl (C=O) groups excluding carboxylic acids is 1. The van der Waals surface area contributed by atoms with E-state index in [4.69, 9.17) is 5.11 Å². The van der Waals surface area contributed by atoms with Crippen molar-refractivity contribution in [3.8, 4) is 0 Å². The van der Waals surface area contributed by atoms with Crippen LogP contribution in [0.15, 0.2) is 12.2 Å². The van der Waals surface area contributed by atoms with Crippen molar-refractivity contribution >= 4 is 6.09 Å². The van der Waals surface area contributed by atoms with Gasteiger partial charge in [0, 0.05) is 12.5 Å². The lowest BCUT2D eigenvalue weighted by Gasteiger charge is -2.24. The quantitative estimate of drug-likeness (QED) is 0.550. The molecule has 0 aromatic heterocycles. The van der Waals surface area contributed by atoms with Gasteiger partial charge in [-0.2, -0.15) is 0 Å². The molecule has 2 atom stereocenters. The molecule has 1 aliphatic rings. The van der Waals surface area contributed by atoms with Gasteiger partial charge >= 0.3 is 6.09 Å². The maximum absolute atomic E-state index is 10.5. The standard InChI is InChI=1S/C7H11NO3/c1-11-7(10)8-4-5-2-3-6(5)9/h2-3,5-6,9H,4H2,1H3,(H,8,10)/t5-,6+/m0/s1. The number of hydrogen-bond acceptors (Lipinski definition) is 3. The van der Waals surface area contributed by atoms with Crippen LogP contribution in [0.2, 0.25) is 0 Å². The largest absolute Gasteiger partial charge is 0.453 e. The number of aliphatic hydroxyl groups is 1. The fraction of sp³-hybridized carbons (Fsp3) is 0.571. The molecule has 4 nitrogen and oxygen atoms in total. The van der Waals surface area contributed by atoms with E-state index in [0.717, 1.165) is 0 Å². The van der Waals surface area contributed by atoms with Gasteiger partial charge in [-0.3, -0.25) is 0 Å². The number of methoxy groups -OCH3 is 1. The summed E-state index contributed by atoms with van der Waals surface area (Å²) in [6, 6.07) is 0. The van der Waals surface area contributed by atoms with E-state index in [0.29, 0.717) is 6.54 Å². The van der Waals surface area contributed by atoms with Crippen LogP contribution < -0.4 is 5.32 Å². The van der Waals surface area contributed by atoms with Gasteiger partial charge in [-0.05, 0) is 0 Å². The molecule has 0 saturated carbocycles. The fourth-order valence-corrected chi connectivity index (χ4v) is 0.830. The maximum atomic E-state index is 10.5. The first-order valence-corrected chi connectivity index (χ1v) is 3.42. The molecule has 11 heavy (non-hydrogen) atoms. The van der Waals surface area contributed by atoms with Crippen LogP contribution in [0.25, 0.3) is 0 Å². The van der Waals surface area contributed by atoms with Crippen molar-refractivity contribution in [1.29, 1.82) is 0 Å². The summed E-state index contributed by atoms with van der Waals surface area (Å²) in [7, 11) is 1.31. The lowest BCUT2D eigenvalue weighted by Crippen LogP contribution is -2.36. The molecule has 0 aliphatic heterocycles. The van der Waals surface area contributed by atoms with E-state index in [1.165, 1.54) is 7.11 Å². The Hall–Kier alpha value is -1.03. The van der Waals surface area contributed by atoms with E-state index >= 15 is 0 Å². The lowest BCUT2D eigenvalue weighted by molar-refractivity contribution is 0.143. The van der Waals surface area contributed by atoms with E-state index in [-0.39, 0.29) is 5.92 Å². The molecule has 2 N–H and O–H groups in total. The highest BCUT2D eigenvalue weighted by Gasteiger charge is 2.21. The minimum atomic E-state index is -0.461. The smallest absolute Gasteiger partial charge is 0.406 e. The number of nitrogens with one attached hydrogen (secondary N) is 1. The third kappa shape index (κ3) is 1.94. The summed E-state index contributed by atoms with van der Waals surface area (Å²) < 4.78 is 4.35. The topological polar surface area (TPSA) is 58.6 Å². The third-order valence-electron chi connectivity index (χ3n) is 1.66. The van der Waals surface area contributed by atoms with E-state index in [2.05, 4.69) is 10.1 Å². The monoisotopic (exact) mass is 157 g/mol. The zero-order valence-electron chi connectivity index (χ0n) is 6.28. The van der Waals surface area contributed by atoms with Crippen molar-refractivity contribution in [3.05, 3.63) is 12.2 Å². The molecule has 0 unspecified atom stereocenters. The average molecular weight is 157 g/mol. The van der Waals surface area contributed by atoms with Crippen LogP contribution >= 0.6 is 0 Å². The van der Waals surface area contributed by atoms with Gasteiger partial charge in [0.2, 0.25) is 0 Å². The Bertz CT molecular complexity index is 179. The maximum Gasteiger partial charge on any atom is 0.406 e. The minimum absolute atomic E-state index is 0.0501. The minimum Gasteiger partial charge on any atom is -0.453 e. The predicted molar refractivity (Wildman–Crippen MR) is 39.0 cm³/mol. The van der Waals surface area contributed by atoms with Gasteiger partial charge in [0.05, 0.1) is 13.2 Å². The summed E-state index contributed by atoms with van der Waals surface area (Å²) >= 11 is 0. The first kappa shape index (κ1) is 8.07. The van der Waals surface area contributed by atoms with Crippen LogP contribution in [-0.4, -0.2) is 31.0 Å². The van der Waals surface area contributed by atoms with Crippen molar-refractivity contribution in [2.24, 2.45) is 5.92 Å². The van der Waals surface area contributed by atoms with Crippen LogP contribution in [0.5, 0.6) is 0 Å². The van der Waals surface area contributed by atoms with Gasteiger partial charge in [0.25, 0.3) is 0 Å². The molecule has 0 aromatic carbocycles. The SMILES string of the molecule is COC(=O)NC[C@@H]1C=C[C@H]1O. The molecule has 62 valence electrons. The Morgan fingerprint density at radius 3 is 2.82 bits per heavy atom. The highest BCUT2D eigenvalue weighted by molar-refractivity contribution is 5.66. The second-order valence-corrected chi connectivity index (χ2v) is 2.41. The number of amides is 1. The normalized spacial score (nSPS) is 27.5. The number of rotatable bonds is 2. The van der Waals surface area contributed by atoms with Crippen molar-refractivity contribution in [2.75, 3.05) is 13.7 Å². The Kier molecular flexibility index (Phi) is 2.48. The fourth-order valence-electron chi connectivity index (χ4n) is 0.830. The molecule has 0 aromatic rings. The molecule has 1 aliphatic carbocycles. The Balaban J connectivity index is 2.13. The number of ether oxygens (including phenoxy) is 1. The van der Waals surface area contributed by atoms with Gasteiger partial charge < -0.3 is 15.2 Å². The van der Waals surface area contributed by atoms with Crippen LogP contribution in [-0.2, 0) is 4.74 Å². The molecule has 0 radical (unpaired) electrons. The number of hydrogen-bond donors (Lipinski definition) is 2. The van der Waals surface area contributed by atoms with Crippen LogP contribution in [0.3, 0.4) is 0 Å². The molecular formula is C7H11NO3. The van der Waals surface area contributed by atoms with Gasteiger partial charge in [-0.25, -0.2) is 4.79 Å². The van der Waals surface area contributed by atoms with Crippen LogP contribution in [0, 0.1) is 5.92 Å². The molecular weight excluding hydrogens is 146 g/mol. The molecule has 1 rings (SSSR count). The van der Waals surface area contributed by atoms with Gasteiger partial charge in [0.1, 0.15) is 0 Å². The Morgan fingerprint density at radius 2 is 2.45 bits per heavy atom. The number of aliphatic hydroxyl groups excluding tert-OH is 1. The van der Waals surface area contributed by atoms with Gasteiger partial charge in [-0.1, -0.05) is 12.2 Å². The Labute approximate surface area is 64.9 Å². The van der Waals surface area contributed by atoms with E-state index in [9.17, 15) is 4.79 Å². The molecule has 0 bridgehead atoms. The number of alkyl carbamates (subject to hydrolysis) is 1. The Morgan fingerprint density at radius 1 is 1.73 bits per heavy atom. The van der Waals surface area contributed by atoms with E-state index in [1.54, 1.807) is 6.08 Å². The molecule has 0 fully saturated rings. The van der Waals surface area contributed by atoms with Gasteiger partial charge in [0.15, 0.2) is 0 Å². The summed E-state index contributed by atoms with van der Waals surface area (Å²) in [6.07, 6.45) is 2.66. The van der Waals surface area contributed by atoms with Gasteiger partial charge in [-0.15, -0.1) is 0 Å². The molecule has 0 saturated heterocycles. The van der Waals surface area contributed by atoms with Crippen molar-refractivity contribution in [3.63, 3.8) is 0 Å². The first-order chi connectivity index (χ1) is 5.24. The highest BCUT2D eigenvalue weighted by Crippen LogP contribution is 2.15. The molecule has 4 heteroatoms. The second-order valence-electron chi connectivity index (χ2n) is 2.41. The first-order valence-electron chi connectivity index (χ1n) is 3.42. The average Bonchev–Trinajstić information content (AvgIpc) is 2.01. The summed E-state index contributed by atoms with van der Waals surface area (Å²) in [4.78, 5) is 10.5.